The molecule has 28 heavy (non-hydrogen) atoms. The minimum Gasteiger partial charge on any atom is -0.349 e. The standard InChI is InChI=1S/C21H23N3O2S2/c1-12-13(2)28-21-19(12)20(26)23-17(24-21)10-27-11-18(25)22-16-9-5-7-14-6-3-4-8-15(14)16/h3-4,6,8,16H,5,7,9-11H2,1-2H3,(H,22,25)(H,23,24,26)/t16-/m0/s1. The largest absolute Gasteiger partial charge is 0.349 e. The molecule has 1 atom stereocenters. The molecule has 0 saturated heterocycles. The average Bonchev–Trinajstić information content (AvgIpc) is 2.96. The van der Waals surface area contributed by atoms with Crippen molar-refractivity contribution in [3.63, 3.8) is 0 Å². The van der Waals surface area contributed by atoms with E-state index in [1.54, 1.807) is 11.3 Å². The number of carbonyl (C=O) groups is 1. The molecular weight excluding hydrogens is 390 g/mol. The Bertz CT molecular complexity index is 1090. The lowest BCUT2D eigenvalue weighted by molar-refractivity contribution is -0.119. The highest BCUT2D eigenvalue weighted by Crippen LogP contribution is 2.29. The first-order chi connectivity index (χ1) is 13.5. The van der Waals surface area contributed by atoms with Gasteiger partial charge in [0.05, 0.1) is 22.9 Å². The predicted molar refractivity (Wildman–Crippen MR) is 116 cm³/mol. The molecule has 0 unspecified atom stereocenters. The maximum atomic E-state index is 12.4. The van der Waals surface area contributed by atoms with Crippen LogP contribution in [0.25, 0.3) is 10.2 Å². The first-order valence-electron chi connectivity index (χ1n) is 9.46. The molecule has 0 saturated carbocycles. The SMILES string of the molecule is Cc1sc2nc(CSCC(=O)N[C@H]3CCCc4ccccc43)[nH]c(=O)c2c1C. The minimum atomic E-state index is -0.0919. The Balaban J connectivity index is 1.36. The second-order valence-corrected chi connectivity index (χ2v) is 9.37. The van der Waals surface area contributed by atoms with Crippen molar-refractivity contribution in [3.8, 4) is 0 Å². The van der Waals surface area contributed by atoms with Gasteiger partial charge < -0.3 is 10.3 Å². The molecule has 2 aromatic heterocycles. The van der Waals surface area contributed by atoms with Gasteiger partial charge in [0.1, 0.15) is 10.7 Å². The van der Waals surface area contributed by atoms with Gasteiger partial charge in [-0.2, -0.15) is 0 Å². The van der Waals surface area contributed by atoms with Crippen molar-refractivity contribution in [2.75, 3.05) is 5.75 Å². The van der Waals surface area contributed by atoms with E-state index in [0.717, 1.165) is 34.5 Å². The van der Waals surface area contributed by atoms with Crippen molar-refractivity contribution in [1.82, 2.24) is 15.3 Å². The monoisotopic (exact) mass is 413 g/mol. The molecule has 1 aromatic carbocycles. The zero-order valence-electron chi connectivity index (χ0n) is 16.0. The fraction of sp³-hybridized carbons (Fsp3) is 0.381. The van der Waals surface area contributed by atoms with Crippen molar-refractivity contribution >= 4 is 39.2 Å². The van der Waals surface area contributed by atoms with Crippen LogP contribution in [-0.4, -0.2) is 21.6 Å². The number of nitrogens with zero attached hydrogens (tertiary/aromatic N) is 1. The van der Waals surface area contributed by atoms with Crippen LogP contribution in [0.4, 0.5) is 0 Å². The van der Waals surface area contributed by atoms with Gasteiger partial charge in [0.25, 0.3) is 5.56 Å². The molecule has 7 heteroatoms. The Morgan fingerprint density at radius 3 is 3.04 bits per heavy atom. The van der Waals surface area contributed by atoms with E-state index in [4.69, 9.17) is 0 Å². The number of hydrogen-bond donors (Lipinski definition) is 2. The molecule has 0 aliphatic heterocycles. The lowest BCUT2D eigenvalue weighted by atomic mass is 9.88. The topological polar surface area (TPSA) is 74.8 Å². The summed E-state index contributed by atoms with van der Waals surface area (Å²) in [7, 11) is 0. The highest BCUT2D eigenvalue weighted by molar-refractivity contribution is 7.99. The summed E-state index contributed by atoms with van der Waals surface area (Å²) >= 11 is 3.02. The summed E-state index contributed by atoms with van der Waals surface area (Å²) in [6.45, 7) is 3.95. The Hall–Kier alpha value is -2.12. The molecule has 4 rings (SSSR count). The number of thioether (sulfide) groups is 1. The number of aryl methyl sites for hydroxylation is 3. The van der Waals surface area contributed by atoms with Crippen LogP contribution in [0.15, 0.2) is 29.1 Å². The molecule has 0 fully saturated rings. The van der Waals surface area contributed by atoms with Gasteiger partial charge in [-0.25, -0.2) is 4.98 Å². The van der Waals surface area contributed by atoms with E-state index in [1.165, 1.54) is 22.9 Å². The molecule has 2 heterocycles. The summed E-state index contributed by atoms with van der Waals surface area (Å²) in [5.41, 5.74) is 3.49. The van der Waals surface area contributed by atoms with E-state index in [9.17, 15) is 9.59 Å². The number of aromatic amines is 1. The van der Waals surface area contributed by atoms with Crippen LogP contribution in [-0.2, 0) is 17.0 Å². The third-order valence-corrected chi connectivity index (χ3v) is 7.31. The lowest BCUT2D eigenvalue weighted by Gasteiger charge is -2.26. The number of amides is 1. The third kappa shape index (κ3) is 3.86. The fourth-order valence-corrected chi connectivity index (χ4v) is 5.50. The number of fused-ring (bicyclic) bond motifs is 2. The van der Waals surface area contributed by atoms with Crippen LogP contribution in [0.3, 0.4) is 0 Å². The lowest BCUT2D eigenvalue weighted by Crippen LogP contribution is -2.32. The van der Waals surface area contributed by atoms with Crippen molar-refractivity contribution in [2.24, 2.45) is 0 Å². The van der Waals surface area contributed by atoms with Crippen LogP contribution < -0.4 is 10.9 Å². The van der Waals surface area contributed by atoms with Gasteiger partial charge >= 0.3 is 0 Å². The van der Waals surface area contributed by atoms with Crippen LogP contribution >= 0.6 is 23.1 Å². The summed E-state index contributed by atoms with van der Waals surface area (Å²) in [5, 5.41) is 3.85. The van der Waals surface area contributed by atoms with Gasteiger partial charge in [-0.15, -0.1) is 23.1 Å². The third-order valence-electron chi connectivity index (χ3n) is 5.26. The van der Waals surface area contributed by atoms with E-state index in [0.29, 0.717) is 22.7 Å². The van der Waals surface area contributed by atoms with Crippen LogP contribution in [0, 0.1) is 13.8 Å². The number of thiophene rings is 1. The maximum absolute atomic E-state index is 12.4. The zero-order valence-corrected chi connectivity index (χ0v) is 17.6. The van der Waals surface area contributed by atoms with Gasteiger partial charge in [-0.3, -0.25) is 9.59 Å². The maximum Gasteiger partial charge on any atom is 0.259 e. The molecule has 3 aromatic rings. The number of aromatic nitrogens is 2. The summed E-state index contributed by atoms with van der Waals surface area (Å²) in [4.78, 5) is 34.1. The van der Waals surface area contributed by atoms with Gasteiger partial charge in [0, 0.05) is 4.88 Å². The van der Waals surface area contributed by atoms with Gasteiger partial charge in [0.2, 0.25) is 5.91 Å². The van der Waals surface area contributed by atoms with Crippen molar-refractivity contribution in [3.05, 3.63) is 62.0 Å². The first-order valence-corrected chi connectivity index (χ1v) is 11.4. The van der Waals surface area contributed by atoms with E-state index in [1.807, 2.05) is 19.9 Å². The number of rotatable bonds is 5. The summed E-state index contributed by atoms with van der Waals surface area (Å²) < 4.78 is 0. The molecular formula is C21H23N3O2S2. The van der Waals surface area contributed by atoms with E-state index in [2.05, 4.69) is 33.5 Å². The van der Waals surface area contributed by atoms with E-state index in [-0.39, 0.29) is 17.5 Å². The van der Waals surface area contributed by atoms with E-state index >= 15 is 0 Å². The molecule has 0 spiro atoms. The molecule has 0 radical (unpaired) electrons. The summed E-state index contributed by atoms with van der Waals surface area (Å²) in [6, 6.07) is 8.45. The quantitative estimate of drug-likeness (QED) is 0.662. The van der Waals surface area contributed by atoms with Crippen molar-refractivity contribution in [1.29, 1.82) is 0 Å². The average molecular weight is 414 g/mol. The summed E-state index contributed by atoms with van der Waals surface area (Å²) in [5.74, 6) is 1.51. The Labute approximate surface area is 172 Å². The Kier molecular flexibility index (Phi) is 5.55. The van der Waals surface area contributed by atoms with Gasteiger partial charge in [-0.1, -0.05) is 24.3 Å². The molecule has 1 amide bonds. The Morgan fingerprint density at radius 1 is 1.36 bits per heavy atom. The van der Waals surface area contributed by atoms with Crippen LogP contribution in [0.5, 0.6) is 0 Å². The normalized spacial score (nSPS) is 16.1. The molecule has 0 bridgehead atoms. The molecule has 1 aliphatic rings. The Morgan fingerprint density at radius 2 is 2.18 bits per heavy atom. The molecule has 146 valence electrons. The van der Waals surface area contributed by atoms with Gasteiger partial charge in [0.15, 0.2) is 0 Å². The smallest absolute Gasteiger partial charge is 0.259 e. The number of benzene rings is 1. The molecule has 5 nitrogen and oxygen atoms in total. The number of H-pyrrole nitrogens is 1. The van der Waals surface area contributed by atoms with Crippen LogP contribution in [0.1, 0.15) is 46.3 Å². The minimum absolute atomic E-state index is 0.0259. The van der Waals surface area contributed by atoms with Crippen molar-refractivity contribution in [2.45, 2.75) is 44.9 Å². The number of carbonyl (C=O) groups excluding carboxylic acids is 1. The summed E-state index contributed by atoms with van der Waals surface area (Å²) in [6.07, 6.45) is 3.16. The fourth-order valence-electron chi connectivity index (χ4n) is 3.75. The van der Waals surface area contributed by atoms with E-state index < -0.39 is 0 Å². The predicted octanol–water partition coefficient (Wildman–Crippen LogP) is 4.03. The van der Waals surface area contributed by atoms with Gasteiger partial charge in [-0.05, 0) is 49.8 Å². The first kappa shape index (κ1) is 19.2. The molecule has 2 N–H and O–H groups in total. The molecule has 1 aliphatic carbocycles. The second kappa shape index (κ2) is 8.09. The second-order valence-electron chi connectivity index (χ2n) is 7.18. The van der Waals surface area contributed by atoms with Crippen LogP contribution in [0.2, 0.25) is 0 Å². The highest BCUT2D eigenvalue weighted by Gasteiger charge is 2.21. The van der Waals surface area contributed by atoms with Crippen molar-refractivity contribution < 1.29 is 4.79 Å². The number of hydrogen-bond acceptors (Lipinski definition) is 5. The number of nitrogens with one attached hydrogen (secondary N) is 2. The highest BCUT2D eigenvalue weighted by atomic mass is 32.2. The zero-order chi connectivity index (χ0) is 19.7.